The minimum Gasteiger partial charge on any atom is -0.291 e. The van der Waals surface area contributed by atoms with E-state index in [9.17, 15) is 4.79 Å². The lowest BCUT2D eigenvalue weighted by Gasteiger charge is -2.03. The lowest BCUT2D eigenvalue weighted by Crippen LogP contribution is -2.11. The number of aryl methyl sites for hydroxylation is 1. The highest BCUT2D eigenvalue weighted by atomic mass is 16.1. The summed E-state index contributed by atoms with van der Waals surface area (Å²) in [6.45, 7) is 2.05. The van der Waals surface area contributed by atoms with Gasteiger partial charge in [0.2, 0.25) is 5.95 Å². The van der Waals surface area contributed by atoms with Crippen LogP contribution < -0.4 is 11.0 Å². The first-order valence-corrected chi connectivity index (χ1v) is 7.63. The number of hydrogen-bond acceptors (Lipinski definition) is 4. The van der Waals surface area contributed by atoms with E-state index < -0.39 is 0 Å². The number of rotatable bonds is 5. The largest absolute Gasteiger partial charge is 0.291 e. The molecule has 0 spiro atoms. The van der Waals surface area contributed by atoms with Gasteiger partial charge in [0.05, 0.1) is 6.21 Å². The molecule has 0 saturated carbocycles. The summed E-state index contributed by atoms with van der Waals surface area (Å²) in [6, 6.07) is 15.7. The predicted octanol–water partition coefficient (Wildman–Crippen LogP) is 3.32. The van der Waals surface area contributed by atoms with E-state index in [2.05, 4.69) is 45.6 Å². The first-order chi connectivity index (χ1) is 11.3. The zero-order chi connectivity index (χ0) is 16.1. The molecule has 0 bridgehead atoms. The molecule has 3 rings (SSSR count). The fourth-order valence-corrected chi connectivity index (χ4v) is 2.47. The van der Waals surface area contributed by atoms with Crippen LogP contribution in [0.15, 0.2) is 58.4 Å². The third kappa shape index (κ3) is 3.63. The highest BCUT2D eigenvalue weighted by Crippen LogP contribution is 2.16. The summed E-state index contributed by atoms with van der Waals surface area (Å²) in [4.78, 5) is 18.6. The van der Waals surface area contributed by atoms with Crippen LogP contribution in [0.1, 0.15) is 24.6 Å². The van der Waals surface area contributed by atoms with Crippen molar-refractivity contribution in [3.8, 4) is 0 Å². The van der Waals surface area contributed by atoms with E-state index in [1.54, 1.807) is 6.21 Å². The fraction of sp³-hybridized carbons (Fsp3) is 0.167. The van der Waals surface area contributed by atoms with Gasteiger partial charge < -0.3 is 0 Å². The minimum absolute atomic E-state index is 0.175. The number of aromatic nitrogens is 2. The van der Waals surface area contributed by atoms with Gasteiger partial charge in [0.15, 0.2) is 0 Å². The van der Waals surface area contributed by atoms with Gasteiger partial charge in [-0.3, -0.25) is 9.78 Å². The Kier molecular flexibility index (Phi) is 4.47. The van der Waals surface area contributed by atoms with Crippen molar-refractivity contribution in [2.45, 2.75) is 19.8 Å². The molecule has 2 aromatic carbocycles. The molecule has 0 radical (unpaired) electrons. The van der Waals surface area contributed by atoms with E-state index in [-0.39, 0.29) is 5.56 Å². The summed E-state index contributed by atoms with van der Waals surface area (Å²) in [7, 11) is 0. The maximum atomic E-state index is 11.6. The van der Waals surface area contributed by atoms with Crippen LogP contribution in [0.2, 0.25) is 0 Å². The number of nitrogens with zero attached hydrogens (tertiary/aromatic N) is 2. The Morgan fingerprint density at radius 2 is 2.04 bits per heavy atom. The van der Waals surface area contributed by atoms with E-state index in [0.717, 1.165) is 34.9 Å². The van der Waals surface area contributed by atoms with Crippen molar-refractivity contribution >= 4 is 22.9 Å². The second kappa shape index (κ2) is 6.87. The molecular formula is C18H18N4O. The molecule has 2 N–H and O–H groups in total. The molecule has 5 nitrogen and oxygen atoms in total. The van der Waals surface area contributed by atoms with Crippen LogP contribution >= 0.6 is 0 Å². The van der Waals surface area contributed by atoms with Crippen LogP contribution in [0.3, 0.4) is 0 Å². The van der Waals surface area contributed by atoms with E-state index in [1.165, 1.54) is 6.07 Å². The van der Waals surface area contributed by atoms with E-state index in [1.807, 2.05) is 24.3 Å². The summed E-state index contributed by atoms with van der Waals surface area (Å²) in [5.41, 5.74) is 4.39. The number of aromatic amines is 1. The Bertz CT molecular complexity index is 893. The average molecular weight is 306 g/mol. The van der Waals surface area contributed by atoms with Crippen molar-refractivity contribution in [1.29, 1.82) is 0 Å². The van der Waals surface area contributed by atoms with E-state index in [4.69, 9.17) is 0 Å². The van der Waals surface area contributed by atoms with E-state index in [0.29, 0.717) is 5.95 Å². The normalized spacial score (nSPS) is 11.2. The molecule has 0 aliphatic carbocycles. The SMILES string of the molecule is CCCc1cc(=O)[nH]c(N/N=C/c2cccc3ccccc23)n1. The Morgan fingerprint density at radius 3 is 2.91 bits per heavy atom. The van der Waals surface area contributed by atoms with Crippen LogP contribution in [-0.4, -0.2) is 16.2 Å². The monoisotopic (exact) mass is 306 g/mol. The summed E-state index contributed by atoms with van der Waals surface area (Å²) in [5, 5.41) is 6.48. The number of anilines is 1. The Morgan fingerprint density at radius 1 is 1.22 bits per heavy atom. The summed E-state index contributed by atoms with van der Waals surface area (Å²) < 4.78 is 0. The average Bonchev–Trinajstić information content (AvgIpc) is 2.55. The van der Waals surface area contributed by atoms with Crippen LogP contribution in [0.5, 0.6) is 0 Å². The van der Waals surface area contributed by atoms with Crippen LogP contribution in [-0.2, 0) is 6.42 Å². The lowest BCUT2D eigenvalue weighted by molar-refractivity contribution is 0.867. The van der Waals surface area contributed by atoms with Crippen molar-refractivity contribution in [3.63, 3.8) is 0 Å². The Labute approximate surface area is 134 Å². The number of benzene rings is 2. The third-order valence-corrected chi connectivity index (χ3v) is 3.50. The second-order valence-electron chi connectivity index (χ2n) is 5.27. The van der Waals surface area contributed by atoms with Gasteiger partial charge in [-0.25, -0.2) is 10.4 Å². The number of H-pyrrole nitrogens is 1. The summed E-state index contributed by atoms with van der Waals surface area (Å²) in [6.07, 6.45) is 3.44. The topological polar surface area (TPSA) is 70.1 Å². The van der Waals surface area contributed by atoms with Crippen molar-refractivity contribution < 1.29 is 0 Å². The molecule has 0 unspecified atom stereocenters. The maximum Gasteiger partial charge on any atom is 0.252 e. The molecule has 0 atom stereocenters. The Hall–Kier alpha value is -2.95. The molecule has 0 aliphatic heterocycles. The van der Waals surface area contributed by atoms with Gasteiger partial charge in [-0.2, -0.15) is 5.10 Å². The van der Waals surface area contributed by atoms with Crippen LogP contribution in [0.4, 0.5) is 5.95 Å². The highest BCUT2D eigenvalue weighted by Gasteiger charge is 2.00. The lowest BCUT2D eigenvalue weighted by atomic mass is 10.1. The summed E-state index contributed by atoms with van der Waals surface area (Å²) >= 11 is 0. The smallest absolute Gasteiger partial charge is 0.252 e. The Balaban J connectivity index is 1.82. The minimum atomic E-state index is -0.175. The zero-order valence-electron chi connectivity index (χ0n) is 12.9. The molecule has 23 heavy (non-hydrogen) atoms. The van der Waals surface area contributed by atoms with Gasteiger partial charge in [0, 0.05) is 17.3 Å². The second-order valence-corrected chi connectivity index (χ2v) is 5.27. The standard InChI is InChI=1S/C18H18N4O/c1-2-6-15-11-17(23)21-18(20-15)22-19-12-14-9-5-8-13-7-3-4-10-16(13)14/h3-5,7-12H,2,6H2,1H3,(H2,20,21,22,23)/b19-12+. The van der Waals surface area contributed by atoms with Gasteiger partial charge in [-0.05, 0) is 17.2 Å². The van der Waals surface area contributed by atoms with Crippen molar-refractivity contribution in [2.75, 3.05) is 5.43 Å². The van der Waals surface area contributed by atoms with Gasteiger partial charge >= 0.3 is 0 Å². The summed E-state index contributed by atoms with van der Waals surface area (Å²) in [5.74, 6) is 0.359. The van der Waals surface area contributed by atoms with Crippen molar-refractivity contribution in [3.05, 3.63) is 70.1 Å². The third-order valence-electron chi connectivity index (χ3n) is 3.50. The number of fused-ring (bicyclic) bond motifs is 1. The van der Waals surface area contributed by atoms with Crippen LogP contribution in [0.25, 0.3) is 10.8 Å². The quantitative estimate of drug-likeness (QED) is 0.561. The maximum absolute atomic E-state index is 11.6. The number of nitrogens with one attached hydrogen (secondary N) is 2. The first-order valence-electron chi connectivity index (χ1n) is 7.63. The predicted molar refractivity (Wildman–Crippen MR) is 94.0 cm³/mol. The highest BCUT2D eigenvalue weighted by molar-refractivity contribution is 5.99. The van der Waals surface area contributed by atoms with Gasteiger partial charge in [-0.1, -0.05) is 55.8 Å². The van der Waals surface area contributed by atoms with E-state index >= 15 is 0 Å². The van der Waals surface area contributed by atoms with Crippen molar-refractivity contribution in [2.24, 2.45) is 5.10 Å². The molecule has 116 valence electrons. The van der Waals surface area contributed by atoms with Gasteiger partial charge in [-0.15, -0.1) is 0 Å². The molecule has 1 aromatic heterocycles. The van der Waals surface area contributed by atoms with Crippen molar-refractivity contribution in [1.82, 2.24) is 9.97 Å². The molecule has 0 amide bonds. The molecule has 3 aromatic rings. The molecule has 5 heteroatoms. The first kappa shape index (κ1) is 15.0. The molecule has 1 heterocycles. The number of hydrogen-bond donors (Lipinski definition) is 2. The zero-order valence-corrected chi connectivity index (χ0v) is 12.9. The number of hydrazone groups is 1. The molecular weight excluding hydrogens is 288 g/mol. The van der Waals surface area contributed by atoms with Crippen LogP contribution in [0, 0.1) is 0 Å². The fourth-order valence-electron chi connectivity index (χ4n) is 2.47. The molecule has 0 saturated heterocycles. The molecule has 0 aliphatic rings. The van der Waals surface area contributed by atoms with Gasteiger partial charge in [0.25, 0.3) is 5.56 Å². The molecule has 0 fully saturated rings. The van der Waals surface area contributed by atoms with Gasteiger partial charge in [0.1, 0.15) is 0 Å².